The van der Waals surface area contributed by atoms with Crippen LogP contribution in [0.1, 0.15) is 26.9 Å². The average molecular weight is 493 g/mol. The largest absolute Gasteiger partial charge is 0.496 e. The maximum absolute atomic E-state index is 14.2. The second-order valence-corrected chi connectivity index (χ2v) is 8.29. The van der Waals surface area contributed by atoms with Crippen LogP contribution in [0.2, 0.25) is 5.02 Å². The number of methoxy groups -OCH3 is 2. The van der Waals surface area contributed by atoms with Crippen LogP contribution in [0, 0.1) is 17.5 Å². The van der Waals surface area contributed by atoms with Crippen molar-refractivity contribution in [1.29, 1.82) is 0 Å². The third kappa shape index (κ3) is 4.26. The first-order valence-electron chi connectivity index (χ1n) is 9.54. The zero-order valence-electron chi connectivity index (χ0n) is 17.3. The second-order valence-electron chi connectivity index (χ2n) is 6.84. The average Bonchev–Trinajstić information content (AvgIpc) is 3.27. The summed E-state index contributed by atoms with van der Waals surface area (Å²) >= 11 is 7.40. The lowest BCUT2D eigenvalue weighted by Gasteiger charge is -2.23. The number of rotatable bonds is 5. The van der Waals surface area contributed by atoms with E-state index in [-0.39, 0.29) is 10.6 Å². The number of benzene rings is 3. The summed E-state index contributed by atoms with van der Waals surface area (Å²) in [5.74, 6) is -3.87. The normalized spacial score (nSPS) is 15.4. The molecule has 1 aliphatic heterocycles. The molecular formula is C23H16ClF3N2O3S. The third-order valence-electron chi connectivity index (χ3n) is 4.90. The summed E-state index contributed by atoms with van der Waals surface area (Å²) in [5.41, 5.74) is 0.868. The summed E-state index contributed by atoms with van der Waals surface area (Å²) in [7, 11) is 2.61. The van der Waals surface area contributed by atoms with Crippen LogP contribution in [0.25, 0.3) is 0 Å². The third-order valence-corrected chi connectivity index (χ3v) is 6.49. The number of amides is 1. The predicted molar refractivity (Wildman–Crippen MR) is 120 cm³/mol. The van der Waals surface area contributed by atoms with Gasteiger partial charge in [0.25, 0.3) is 5.91 Å². The molecule has 5 nitrogen and oxygen atoms in total. The van der Waals surface area contributed by atoms with Gasteiger partial charge in [-0.2, -0.15) is 9.49 Å². The highest BCUT2D eigenvalue weighted by Gasteiger charge is 2.38. The predicted octanol–water partition coefficient (Wildman–Crippen LogP) is 6.02. The zero-order valence-corrected chi connectivity index (χ0v) is 18.9. The lowest BCUT2D eigenvalue weighted by Crippen LogP contribution is -2.27. The topological polar surface area (TPSA) is 51.1 Å². The van der Waals surface area contributed by atoms with Crippen LogP contribution in [0.5, 0.6) is 11.5 Å². The van der Waals surface area contributed by atoms with Crippen molar-refractivity contribution in [3.63, 3.8) is 0 Å². The number of nitrogens with zero attached hydrogens (tertiary/aromatic N) is 2. The summed E-state index contributed by atoms with van der Waals surface area (Å²) in [4.78, 5) is 13.5. The van der Waals surface area contributed by atoms with E-state index in [9.17, 15) is 18.0 Å². The molecule has 1 atom stereocenters. The Balaban J connectivity index is 1.83. The lowest BCUT2D eigenvalue weighted by atomic mass is 10.1. The molecule has 0 saturated heterocycles. The Morgan fingerprint density at radius 1 is 1.06 bits per heavy atom. The van der Waals surface area contributed by atoms with Crippen molar-refractivity contribution < 1.29 is 27.4 Å². The van der Waals surface area contributed by atoms with Gasteiger partial charge >= 0.3 is 0 Å². The monoisotopic (exact) mass is 492 g/mol. The van der Waals surface area contributed by atoms with Crippen LogP contribution in [-0.2, 0) is 0 Å². The SMILES string of the molecule is COc1ccccc1C1SC(c2ccc(F)cc2)=NN1C(=O)c1cc(F)c(F)c(OC)c1Cl. The number of ether oxygens (including phenoxy) is 2. The number of carbonyl (C=O) groups is 1. The maximum atomic E-state index is 14.2. The molecule has 3 aromatic rings. The van der Waals surface area contributed by atoms with Crippen LogP contribution in [0.4, 0.5) is 13.2 Å². The molecule has 1 heterocycles. The van der Waals surface area contributed by atoms with Crippen molar-refractivity contribution in [2.24, 2.45) is 5.10 Å². The molecule has 1 unspecified atom stereocenters. The molecule has 1 aliphatic rings. The number of hydrazone groups is 1. The van der Waals surface area contributed by atoms with Gasteiger partial charge in [0.1, 0.15) is 22.0 Å². The van der Waals surface area contributed by atoms with Crippen LogP contribution in [0.15, 0.2) is 59.7 Å². The van der Waals surface area contributed by atoms with E-state index in [4.69, 9.17) is 21.1 Å². The van der Waals surface area contributed by atoms with Crippen LogP contribution in [-0.4, -0.2) is 30.2 Å². The van der Waals surface area contributed by atoms with E-state index < -0.39 is 34.5 Å². The van der Waals surface area contributed by atoms with Crippen molar-refractivity contribution in [3.8, 4) is 11.5 Å². The van der Waals surface area contributed by atoms with Crippen molar-refractivity contribution in [2.45, 2.75) is 5.37 Å². The molecule has 0 bridgehead atoms. The van der Waals surface area contributed by atoms with Gasteiger partial charge in [0.15, 0.2) is 11.6 Å². The smallest absolute Gasteiger partial charge is 0.277 e. The first kappa shape index (κ1) is 23.0. The Bertz CT molecular complexity index is 1250. The van der Waals surface area contributed by atoms with Gasteiger partial charge < -0.3 is 9.47 Å². The number of thioether (sulfide) groups is 1. The van der Waals surface area contributed by atoms with E-state index in [0.717, 1.165) is 12.1 Å². The highest BCUT2D eigenvalue weighted by Crippen LogP contribution is 2.46. The Kier molecular flexibility index (Phi) is 6.53. The number of para-hydroxylation sites is 1. The molecule has 0 aliphatic carbocycles. The van der Waals surface area contributed by atoms with Crippen LogP contribution < -0.4 is 9.47 Å². The van der Waals surface area contributed by atoms with Gasteiger partial charge in [0.2, 0.25) is 5.82 Å². The van der Waals surface area contributed by atoms with Crippen molar-refractivity contribution in [3.05, 3.63) is 93.8 Å². The highest BCUT2D eigenvalue weighted by molar-refractivity contribution is 8.14. The molecule has 4 rings (SSSR count). The van der Waals surface area contributed by atoms with Gasteiger partial charge in [-0.25, -0.2) is 13.8 Å². The second kappa shape index (κ2) is 9.36. The molecule has 33 heavy (non-hydrogen) atoms. The molecule has 10 heteroatoms. The van der Waals surface area contributed by atoms with E-state index >= 15 is 0 Å². The molecule has 0 radical (unpaired) electrons. The zero-order chi connectivity index (χ0) is 23.7. The maximum Gasteiger partial charge on any atom is 0.277 e. The number of hydrogen-bond donors (Lipinski definition) is 0. The van der Waals surface area contributed by atoms with Gasteiger partial charge in [-0.15, -0.1) is 0 Å². The summed E-state index contributed by atoms with van der Waals surface area (Å²) in [6.07, 6.45) is 0. The molecule has 0 aromatic heterocycles. The summed E-state index contributed by atoms with van der Waals surface area (Å²) in [6, 6.07) is 13.3. The van der Waals surface area contributed by atoms with Gasteiger partial charge in [-0.3, -0.25) is 4.79 Å². The first-order chi connectivity index (χ1) is 15.8. The number of hydrogen-bond acceptors (Lipinski definition) is 5. The Labute approximate surface area is 196 Å². The fourth-order valence-corrected chi connectivity index (χ4v) is 4.78. The summed E-state index contributed by atoms with van der Waals surface area (Å²) in [5, 5.41) is 4.85. The van der Waals surface area contributed by atoms with Crippen molar-refractivity contribution in [1.82, 2.24) is 5.01 Å². The van der Waals surface area contributed by atoms with Gasteiger partial charge in [0.05, 0.1) is 24.8 Å². The standard InChI is InChI=1S/C23H16ClF3N2O3S/c1-31-17-6-4-3-5-14(17)23-29(28-21(33-23)12-7-9-13(25)10-8-12)22(30)15-11-16(26)19(27)20(32-2)18(15)24/h3-11,23H,1-2H3. The molecule has 0 spiro atoms. The van der Waals surface area contributed by atoms with E-state index in [1.54, 1.807) is 24.3 Å². The van der Waals surface area contributed by atoms with Gasteiger partial charge in [-0.05, 0) is 36.4 Å². The minimum atomic E-state index is -1.30. The van der Waals surface area contributed by atoms with E-state index in [2.05, 4.69) is 5.10 Å². The van der Waals surface area contributed by atoms with Gasteiger partial charge in [0, 0.05) is 11.1 Å². The molecule has 170 valence electrons. The summed E-state index contributed by atoms with van der Waals surface area (Å²) in [6.45, 7) is 0. The van der Waals surface area contributed by atoms with E-state index in [0.29, 0.717) is 28.0 Å². The van der Waals surface area contributed by atoms with E-state index in [1.807, 2.05) is 0 Å². The minimum absolute atomic E-state index is 0.322. The Morgan fingerprint density at radius 2 is 1.76 bits per heavy atom. The fourth-order valence-electron chi connectivity index (χ4n) is 3.30. The Morgan fingerprint density at radius 3 is 2.42 bits per heavy atom. The Hall–Kier alpha value is -3.17. The van der Waals surface area contributed by atoms with Crippen molar-refractivity contribution >= 4 is 34.3 Å². The molecular weight excluding hydrogens is 477 g/mol. The van der Waals surface area contributed by atoms with E-state index in [1.165, 1.54) is 43.1 Å². The van der Waals surface area contributed by atoms with Crippen LogP contribution >= 0.6 is 23.4 Å². The fraction of sp³-hybridized carbons (Fsp3) is 0.130. The summed E-state index contributed by atoms with van der Waals surface area (Å²) < 4.78 is 51.9. The molecule has 0 N–H and O–H groups in total. The van der Waals surface area contributed by atoms with Crippen molar-refractivity contribution in [2.75, 3.05) is 14.2 Å². The highest BCUT2D eigenvalue weighted by atomic mass is 35.5. The molecule has 0 saturated carbocycles. The molecule has 0 fully saturated rings. The molecule has 3 aromatic carbocycles. The minimum Gasteiger partial charge on any atom is -0.496 e. The first-order valence-corrected chi connectivity index (χ1v) is 10.8. The number of carbonyl (C=O) groups excluding carboxylic acids is 1. The van der Waals surface area contributed by atoms with Gasteiger partial charge in [-0.1, -0.05) is 41.6 Å². The lowest BCUT2D eigenvalue weighted by molar-refractivity contribution is 0.0747. The molecule has 1 amide bonds. The quantitative estimate of drug-likeness (QED) is 0.408. The number of halogens is 4. The van der Waals surface area contributed by atoms with Crippen LogP contribution in [0.3, 0.4) is 0 Å².